The second-order valence-corrected chi connectivity index (χ2v) is 11.6. The molecule has 1 N–H and O–H groups in total. The predicted molar refractivity (Wildman–Crippen MR) is 150 cm³/mol. The number of hydrogen-bond donors (Lipinski definition) is 1. The van der Waals surface area contributed by atoms with Gasteiger partial charge in [0.05, 0.1) is 10.6 Å². The number of aryl methyl sites for hydroxylation is 2. The van der Waals surface area contributed by atoms with Crippen LogP contribution < -0.4 is 9.62 Å². The Labute approximate surface area is 227 Å². The normalized spacial score (nSPS) is 12.0. The summed E-state index contributed by atoms with van der Waals surface area (Å²) in [4.78, 5) is 28.2. The van der Waals surface area contributed by atoms with Crippen LogP contribution in [0.25, 0.3) is 0 Å². The number of nitrogens with zero attached hydrogens (tertiary/aromatic N) is 2. The zero-order valence-corrected chi connectivity index (χ0v) is 23.8. The number of amides is 2. The minimum absolute atomic E-state index is 0.0784. The van der Waals surface area contributed by atoms with E-state index in [1.807, 2.05) is 45.0 Å². The number of nitrogens with one attached hydrogen (secondary N) is 1. The van der Waals surface area contributed by atoms with Gasteiger partial charge in [0.1, 0.15) is 12.6 Å². The lowest BCUT2D eigenvalue weighted by Crippen LogP contribution is -2.51. The average Bonchev–Trinajstić information content (AvgIpc) is 2.88. The van der Waals surface area contributed by atoms with Crippen molar-refractivity contribution < 1.29 is 18.0 Å². The Morgan fingerprint density at radius 1 is 0.973 bits per heavy atom. The molecule has 0 aliphatic carbocycles. The lowest BCUT2D eigenvalue weighted by atomic mass is 10.1. The number of rotatable bonds is 10. The van der Waals surface area contributed by atoms with Gasteiger partial charge in [0.15, 0.2) is 0 Å². The first-order chi connectivity index (χ1) is 17.6. The third kappa shape index (κ3) is 6.78. The van der Waals surface area contributed by atoms with Crippen molar-refractivity contribution in [2.75, 3.05) is 17.9 Å². The molecule has 0 aliphatic rings. The quantitative estimate of drug-likeness (QED) is 0.370. The summed E-state index contributed by atoms with van der Waals surface area (Å²) in [5.74, 6) is -0.783. The molecule has 196 valence electrons. The van der Waals surface area contributed by atoms with Gasteiger partial charge in [0, 0.05) is 18.1 Å². The van der Waals surface area contributed by atoms with Crippen molar-refractivity contribution >= 4 is 43.5 Å². The fourth-order valence-electron chi connectivity index (χ4n) is 4.05. The highest BCUT2D eigenvalue weighted by Gasteiger charge is 2.33. The van der Waals surface area contributed by atoms with E-state index in [1.54, 1.807) is 36.4 Å². The van der Waals surface area contributed by atoms with E-state index in [1.165, 1.54) is 24.1 Å². The zero-order chi connectivity index (χ0) is 27.2. The summed E-state index contributed by atoms with van der Waals surface area (Å²) in [6, 6.07) is 20.2. The van der Waals surface area contributed by atoms with Crippen LogP contribution >= 0.6 is 15.9 Å². The van der Waals surface area contributed by atoms with Crippen LogP contribution in [0.5, 0.6) is 0 Å². The van der Waals surface area contributed by atoms with Gasteiger partial charge in [-0.15, -0.1) is 0 Å². The molecule has 0 aliphatic heterocycles. The molecular formula is C28H32BrN3O4S. The Balaban J connectivity index is 2.07. The van der Waals surface area contributed by atoms with Gasteiger partial charge in [-0.25, -0.2) is 8.42 Å². The summed E-state index contributed by atoms with van der Waals surface area (Å²) < 4.78 is 29.4. The van der Waals surface area contributed by atoms with E-state index < -0.39 is 28.5 Å². The summed E-state index contributed by atoms with van der Waals surface area (Å²) in [6.45, 7) is 5.35. The van der Waals surface area contributed by atoms with E-state index in [9.17, 15) is 18.0 Å². The van der Waals surface area contributed by atoms with Crippen molar-refractivity contribution in [1.29, 1.82) is 0 Å². The molecule has 0 spiro atoms. The van der Waals surface area contributed by atoms with Gasteiger partial charge in [-0.2, -0.15) is 0 Å². The largest absolute Gasteiger partial charge is 0.357 e. The molecule has 37 heavy (non-hydrogen) atoms. The maximum Gasteiger partial charge on any atom is 0.264 e. The summed E-state index contributed by atoms with van der Waals surface area (Å²) in [7, 11) is -2.57. The van der Waals surface area contributed by atoms with Crippen LogP contribution in [-0.2, 0) is 26.2 Å². The lowest BCUT2D eigenvalue weighted by molar-refractivity contribution is -0.140. The third-order valence-electron chi connectivity index (χ3n) is 6.22. The minimum Gasteiger partial charge on any atom is -0.357 e. The monoisotopic (exact) mass is 585 g/mol. The number of sulfonamides is 1. The standard InChI is InChI=1S/C28H32BrN3O4S/c1-5-26(28(34)30-4)31(18-22-10-7-6-9-21(22)3)27(33)19-32(24-12-8-11-23(29)17-24)37(35,36)25-15-13-20(2)14-16-25/h6-17,26H,5,18-19H2,1-4H3,(H,30,34). The molecule has 3 rings (SSSR count). The van der Waals surface area contributed by atoms with E-state index in [0.29, 0.717) is 16.6 Å². The molecule has 3 aromatic rings. The summed E-state index contributed by atoms with van der Waals surface area (Å²) >= 11 is 3.40. The van der Waals surface area contributed by atoms with Gasteiger partial charge in [-0.3, -0.25) is 13.9 Å². The van der Waals surface area contributed by atoms with Gasteiger partial charge in [-0.05, 0) is 61.7 Å². The van der Waals surface area contributed by atoms with Crippen LogP contribution in [0, 0.1) is 13.8 Å². The second kappa shape index (κ2) is 12.4. The van der Waals surface area contributed by atoms with Crippen molar-refractivity contribution in [2.24, 2.45) is 0 Å². The summed E-state index contributed by atoms with van der Waals surface area (Å²) in [6.07, 6.45) is 0.374. The van der Waals surface area contributed by atoms with Gasteiger partial charge in [0.2, 0.25) is 11.8 Å². The van der Waals surface area contributed by atoms with E-state index in [4.69, 9.17) is 0 Å². The van der Waals surface area contributed by atoms with Crippen molar-refractivity contribution in [1.82, 2.24) is 10.2 Å². The van der Waals surface area contributed by atoms with Crippen molar-refractivity contribution in [3.8, 4) is 0 Å². The molecule has 0 radical (unpaired) electrons. The third-order valence-corrected chi connectivity index (χ3v) is 8.50. The average molecular weight is 587 g/mol. The highest BCUT2D eigenvalue weighted by molar-refractivity contribution is 9.10. The Kier molecular flexibility index (Phi) is 9.50. The number of benzene rings is 3. The first-order valence-electron chi connectivity index (χ1n) is 12.0. The molecule has 0 bridgehead atoms. The summed E-state index contributed by atoms with van der Waals surface area (Å²) in [5.41, 5.74) is 3.12. The van der Waals surface area contributed by atoms with Gasteiger partial charge in [-0.1, -0.05) is 70.9 Å². The Morgan fingerprint density at radius 3 is 2.24 bits per heavy atom. The van der Waals surface area contributed by atoms with Crippen molar-refractivity contribution in [3.63, 3.8) is 0 Å². The topological polar surface area (TPSA) is 86.8 Å². The molecule has 7 nitrogen and oxygen atoms in total. The smallest absolute Gasteiger partial charge is 0.264 e. The predicted octanol–water partition coefficient (Wildman–Crippen LogP) is 4.81. The van der Waals surface area contributed by atoms with Crippen LogP contribution in [0.1, 0.15) is 30.0 Å². The number of anilines is 1. The van der Waals surface area contributed by atoms with E-state index >= 15 is 0 Å². The fraction of sp³-hybridized carbons (Fsp3) is 0.286. The molecule has 0 saturated heterocycles. The molecule has 9 heteroatoms. The highest BCUT2D eigenvalue weighted by atomic mass is 79.9. The molecule has 0 saturated carbocycles. The molecule has 0 aromatic heterocycles. The van der Waals surface area contributed by atoms with E-state index in [-0.39, 0.29) is 17.3 Å². The van der Waals surface area contributed by atoms with Crippen LogP contribution in [0.3, 0.4) is 0 Å². The van der Waals surface area contributed by atoms with Gasteiger partial charge in [0.25, 0.3) is 10.0 Å². The second-order valence-electron chi connectivity index (χ2n) is 8.79. The summed E-state index contributed by atoms with van der Waals surface area (Å²) in [5, 5.41) is 2.63. The van der Waals surface area contributed by atoms with Crippen LogP contribution in [0.4, 0.5) is 5.69 Å². The fourth-order valence-corrected chi connectivity index (χ4v) is 5.85. The van der Waals surface area contributed by atoms with Gasteiger partial charge < -0.3 is 10.2 Å². The molecule has 1 unspecified atom stereocenters. The van der Waals surface area contributed by atoms with Crippen LogP contribution in [-0.4, -0.2) is 44.8 Å². The highest BCUT2D eigenvalue weighted by Crippen LogP contribution is 2.27. The van der Waals surface area contributed by atoms with Crippen molar-refractivity contribution in [2.45, 2.75) is 44.7 Å². The first kappa shape index (κ1) is 28.4. The van der Waals surface area contributed by atoms with Gasteiger partial charge >= 0.3 is 0 Å². The zero-order valence-electron chi connectivity index (χ0n) is 21.4. The first-order valence-corrected chi connectivity index (χ1v) is 14.2. The molecule has 2 amide bonds. The Hall–Kier alpha value is -3.17. The number of carbonyl (C=O) groups is 2. The molecule has 3 aromatic carbocycles. The lowest BCUT2D eigenvalue weighted by Gasteiger charge is -2.33. The number of halogens is 1. The van der Waals surface area contributed by atoms with E-state index in [2.05, 4.69) is 21.2 Å². The maximum atomic E-state index is 13.9. The number of likely N-dealkylation sites (N-methyl/N-ethyl adjacent to an activating group) is 1. The molecule has 0 fully saturated rings. The minimum atomic E-state index is -4.09. The SMILES string of the molecule is CCC(C(=O)NC)N(Cc1ccccc1C)C(=O)CN(c1cccc(Br)c1)S(=O)(=O)c1ccc(C)cc1. The Bertz CT molecular complexity index is 1360. The van der Waals surface area contributed by atoms with Crippen molar-refractivity contribution in [3.05, 3.63) is 94.0 Å². The molecule has 0 heterocycles. The maximum absolute atomic E-state index is 13.9. The Morgan fingerprint density at radius 2 is 1.65 bits per heavy atom. The molecule has 1 atom stereocenters. The molecular weight excluding hydrogens is 554 g/mol. The number of hydrogen-bond acceptors (Lipinski definition) is 4. The van der Waals surface area contributed by atoms with Crippen LogP contribution in [0.2, 0.25) is 0 Å². The number of carbonyl (C=O) groups excluding carboxylic acids is 2. The van der Waals surface area contributed by atoms with Crippen LogP contribution in [0.15, 0.2) is 82.2 Å². The van der Waals surface area contributed by atoms with E-state index in [0.717, 1.165) is 21.0 Å².